The average molecular weight is 632 g/mol. The number of hydrogen-bond acceptors (Lipinski definition) is 4. The van der Waals surface area contributed by atoms with Crippen LogP contribution in [0.4, 0.5) is 13.2 Å². The van der Waals surface area contributed by atoms with Gasteiger partial charge in [-0.05, 0) is 85.4 Å². The van der Waals surface area contributed by atoms with E-state index in [9.17, 15) is 22.8 Å². The Bertz CT molecular complexity index is 1640. The Morgan fingerprint density at radius 2 is 1.70 bits per heavy atom. The molecular formula is C37H40F3N3O3. The van der Waals surface area contributed by atoms with Gasteiger partial charge >= 0.3 is 0 Å². The Balaban J connectivity index is 1.21. The summed E-state index contributed by atoms with van der Waals surface area (Å²) >= 11 is 0. The molecule has 3 aliphatic rings. The molecule has 3 aromatic rings. The lowest BCUT2D eigenvalue weighted by Gasteiger charge is -2.44. The topological polar surface area (TPSA) is 61.9 Å². The van der Waals surface area contributed by atoms with E-state index in [-0.39, 0.29) is 36.5 Å². The van der Waals surface area contributed by atoms with Gasteiger partial charge in [0.25, 0.3) is 5.91 Å². The van der Waals surface area contributed by atoms with Crippen LogP contribution < -0.4 is 10.1 Å². The maximum atomic E-state index is 14.5. The smallest absolute Gasteiger partial charge is 0.252 e. The summed E-state index contributed by atoms with van der Waals surface area (Å²) in [6.07, 6.45) is 4.49. The first-order valence-corrected chi connectivity index (χ1v) is 16.1. The van der Waals surface area contributed by atoms with Crippen molar-refractivity contribution in [2.45, 2.75) is 70.5 Å². The fourth-order valence-corrected chi connectivity index (χ4v) is 6.71. The number of fused-ring (bicyclic) bond motifs is 2. The molecule has 2 amide bonds. The van der Waals surface area contributed by atoms with Gasteiger partial charge < -0.3 is 19.9 Å². The van der Waals surface area contributed by atoms with Gasteiger partial charge in [-0.2, -0.15) is 4.39 Å². The number of hydrogen-bond donors (Lipinski definition) is 1. The molecule has 2 heterocycles. The zero-order valence-corrected chi connectivity index (χ0v) is 26.3. The van der Waals surface area contributed by atoms with Crippen molar-refractivity contribution in [2.24, 2.45) is 0 Å². The van der Waals surface area contributed by atoms with E-state index in [1.807, 2.05) is 41.3 Å². The summed E-state index contributed by atoms with van der Waals surface area (Å²) in [5.74, 6) is -4.04. The molecule has 0 spiro atoms. The van der Waals surface area contributed by atoms with Crippen LogP contribution in [-0.4, -0.2) is 66.0 Å². The summed E-state index contributed by atoms with van der Waals surface area (Å²) in [4.78, 5) is 30.8. The molecule has 1 saturated carbocycles. The van der Waals surface area contributed by atoms with Crippen molar-refractivity contribution in [3.8, 4) is 5.75 Å². The molecule has 1 aliphatic carbocycles. The minimum absolute atomic E-state index is 0.0153. The van der Waals surface area contributed by atoms with E-state index in [0.29, 0.717) is 38.9 Å². The van der Waals surface area contributed by atoms with Crippen LogP contribution >= 0.6 is 0 Å². The molecule has 3 aromatic carbocycles. The lowest BCUT2D eigenvalue weighted by atomic mass is 9.82. The normalized spacial score (nSPS) is 19.3. The summed E-state index contributed by atoms with van der Waals surface area (Å²) in [6.45, 7) is 5.41. The third-order valence-electron chi connectivity index (χ3n) is 9.37. The van der Waals surface area contributed by atoms with Crippen molar-refractivity contribution in [1.82, 2.24) is 15.1 Å². The van der Waals surface area contributed by atoms with Gasteiger partial charge in [0.15, 0.2) is 17.4 Å². The number of carbonyl (C=O) groups excluding carboxylic acids is 2. The van der Waals surface area contributed by atoms with Crippen molar-refractivity contribution >= 4 is 17.4 Å². The summed E-state index contributed by atoms with van der Waals surface area (Å²) in [7, 11) is 0. The third-order valence-corrected chi connectivity index (χ3v) is 9.37. The first-order chi connectivity index (χ1) is 22.2. The Hall–Kier alpha value is -4.11. The molecule has 2 atom stereocenters. The molecule has 6 rings (SSSR count). The van der Waals surface area contributed by atoms with Crippen LogP contribution in [-0.2, 0) is 22.4 Å². The molecule has 46 heavy (non-hydrogen) atoms. The van der Waals surface area contributed by atoms with E-state index in [4.69, 9.17) is 4.74 Å². The fourth-order valence-electron chi connectivity index (χ4n) is 6.71. The molecule has 242 valence electrons. The molecule has 0 unspecified atom stereocenters. The molecule has 0 radical (unpaired) electrons. The minimum Gasteiger partial charge on any atom is -0.488 e. The molecule has 2 bridgehead atoms. The number of amides is 2. The molecule has 0 aromatic heterocycles. The number of nitrogens with one attached hydrogen (secondary N) is 1. The molecular weight excluding hydrogens is 591 g/mol. The Labute approximate surface area is 268 Å². The van der Waals surface area contributed by atoms with E-state index in [2.05, 4.69) is 29.3 Å². The maximum Gasteiger partial charge on any atom is 0.252 e. The standard InChI is InChI=1S/C37H40F3N3O3/c1-23-6-3-4-8-26(23)17-18-43(29-13-14-29)37(45)34-30(20-28-21-42(24(2)44)22-33(34)41-28)27-11-9-25(10-12-27)7-5-19-46-36-32(39)16-15-31(38)35(36)40/h3-4,6,8-12,15-16,28-29,33,41H,5,7,13-14,17-22H2,1-2H3/t28-,33-/m1/s1. The quantitative estimate of drug-likeness (QED) is 0.208. The number of nitrogens with zero attached hydrogens (tertiary/aromatic N) is 2. The average Bonchev–Trinajstić information content (AvgIpc) is 3.89. The Kier molecular flexibility index (Phi) is 9.49. The SMILES string of the molecule is CC(=O)N1C[C@H]2CC(c3ccc(CCCOc4c(F)ccc(F)c4F)cc3)=C(C(=O)N(CCc3ccccc3C)C3CC3)[C@@H](C1)N2. The molecule has 9 heteroatoms. The van der Waals surface area contributed by atoms with Crippen LogP contribution in [0.25, 0.3) is 5.57 Å². The van der Waals surface area contributed by atoms with Gasteiger partial charge in [0.05, 0.1) is 12.6 Å². The van der Waals surface area contributed by atoms with Crippen molar-refractivity contribution in [2.75, 3.05) is 26.2 Å². The van der Waals surface area contributed by atoms with E-state index in [0.717, 1.165) is 53.7 Å². The van der Waals surface area contributed by atoms with Crippen molar-refractivity contribution in [3.63, 3.8) is 0 Å². The second kappa shape index (κ2) is 13.7. The highest BCUT2D eigenvalue weighted by Crippen LogP contribution is 2.37. The van der Waals surface area contributed by atoms with E-state index >= 15 is 0 Å². The van der Waals surface area contributed by atoms with Crippen LogP contribution in [0.15, 0.2) is 66.2 Å². The summed E-state index contributed by atoms with van der Waals surface area (Å²) < 4.78 is 46.5. The van der Waals surface area contributed by atoms with Crippen LogP contribution in [0.2, 0.25) is 0 Å². The number of benzene rings is 3. The van der Waals surface area contributed by atoms with Gasteiger partial charge in [-0.3, -0.25) is 9.59 Å². The van der Waals surface area contributed by atoms with Gasteiger partial charge in [0, 0.05) is 44.2 Å². The zero-order valence-electron chi connectivity index (χ0n) is 26.3. The van der Waals surface area contributed by atoms with Gasteiger partial charge in [-0.15, -0.1) is 0 Å². The summed E-state index contributed by atoms with van der Waals surface area (Å²) in [6, 6.07) is 18.0. The van der Waals surface area contributed by atoms with Gasteiger partial charge in [-0.25, -0.2) is 8.78 Å². The highest BCUT2D eigenvalue weighted by molar-refractivity contribution is 6.03. The molecule has 2 aliphatic heterocycles. The first kappa shape index (κ1) is 31.9. The molecule has 6 nitrogen and oxygen atoms in total. The van der Waals surface area contributed by atoms with Crippen molar-refractivity contribution in [1.29, 1.82) is 0 Å². The lowest BCUT2D eigenvalue weighted by molar-refractivity contribution is -0.132. The second-order valence-corrected chi connectivity index (χ2v) is 12.7. The number of piperazine rings is 1. The molecule has 2 fully saturated rings. The predicted octanol–water partition coefficient (Wildman–Crippen LogP) is 6.00. The minimum atomic E-state index is -1.32. The van der Waals surface area contributed by atoms with E-state index < -0.39 is 23.2 Å². The summed E-state index contributed by atoms with van der Waals surface area (Å²) in [5, 5.41) is 3.65. The maximum absolute atomic E-state index is 14.5. The van der Waals surface area contributed by atoms with Crippen molar-refractivity contribution < 1.29 is 27.5 Å². The number of carbonyl (C=O) groups is 2. The third kappa shape index (κ3) is 6.99. The Morgan fingerprint density at radius 3 is 2.41 bits per heavy atom. The first-order valence-electron chi connectivity index (χ1n) is 16.1. The zero-order chi connectivity index (χ0) is 32.4. The second-order valence-electron chi connectivity index (χ2n) is 12.7. The number of aryl methyl sites for hydroxylation is 2. The molecule has 1 N–H and O–H groups in total. The largest absolute Gasteiger partial charge is 0.488 e. The number of ether oxygens (including phenoxy) is 1. The van der Waals surface area contributed by atoms with Gasteiger partial charge in [-0.1, -0.05) is 48.5 Å². The van der Waals surface area contributed by atoms with Crippen LogP contribution in [0.3, 0.4) is 0 Å². The van der Waals surface area contributed by atoms with E-state index in [1.54, 1.807) is 6.92 Å². The van der Waals surface area contributed by atoms with Gasteiger partial charge in [0.1, 0.15) is 0 Å². The van der Waals surface area contributed by atoms with Gasteiger partial charge in [0.2, 0.25) is 11.7 Å². The van der Waals surface area contributed by atoms with Crippen molar-refractivity contribution in [3.05, 3.63) is 106 Å². The van der Waals surface area contributed by atoms with E-state index in [1.165, 1.54) is 11.1 Å². The highest BCUT2D eigenvalue weighted by atomic mass is 19.2. The fraction of sp³-hybridized carbons (Fsp3) is 0.405. The van der Waals surface area contributed by atoms with Crippen LogP contribution in [0.1, 0.15) is 54.9 Å². The number of halogens is 3. The number of rotatable bonds is 11. The Morgan fingerprint density at radius 1 is 0.957 bits per heavy atom. The van der Waals surface area contributed by atoms with Crippen LogP contribution in [0, 0.1) is 24.4 Å². The predicted molar refractivity (Wildman–Crippen MR) is 171 cm³/mol. The highest BCUT2D eigenvalue weighted by Gasteiger charge is 2.42. The molecule has 1 saturated heterocycles. The monoisotopic (exact) mass is 631 g/mol. The van der Waals surface area contributed by atoms with Crippen LogP contribution in [0.5, 0.6) is 5.75 Å². The summed E-state index contributed by atoms with van der Waals surface area (Å²) in [5.41, 5.74) is 6.22. The lowest BCUT2D eigenvalue weighted by Crippen LogP contribution is -2.62.